The van der Waals surface area contributed by atoms with Gasteiger partial charge >= 0.3 is 5.97 Å². The summed E-state index contributed by atoms with van der Waals surface area (Å²) in [4.78, 5) is 10.3. The van der Waals surface area contributed by atoms with Crippen molar-refractivity contribution >= 4 is 28.0 Å². The molecule has 0 fully saturated rings. The lowest BCUT2D eigenvalue weighted by atomic mass is 10.2. The summed E-state index contributed by atoms with van der Waals surface area (Å²) in [5, 5.41) is 8.46. The highest BCUT2D eigenvalue weighted by Crippen LogP contribution is 2.18. The Kier molecular flexibility index (Phi) is 4.90. The van der Waals surface area contributed by atoms with Crippen LogP contribution in [0.4, 0.5) is 4.39 Å². The zero-order valence-corrected chi connectivity index (χ0v) is 10.4. The van der Waals surface area contributed by atoms with Crippen molar-refractivity contribution in [2.75, 3.05) is 6.61 Å². The molecule has 0 heterocycles. The van der Waals surface area contributed by atoms with E-state index in [1.54, 1.807) is 6.07 Å². The Labute approximate surface area is 106 Å². The zero-order valence-electron chi connectivity index (χ0n) is 8.82. The van der Waals surface area contributed by atoms with E-state index in [0.29, 0.717) is 15.8 Å². The summed E-state index contributed by atoms with van der Waals surface area (Å²) in [6.07, 6.45) is 2.23. The molecule has 0 bridgehead atoms. The van der Waals surface area contributed by atoms with E-state index in [1.165, 1.54) is 18.2 Å². The summed E-state index contributed by atoms with van der Waals surface area (Å²) in [5.74, 6) is -1.27. The van der Waals surface area contributed by atoms with Crippen LogP contribution in [0.1, 0.15) is 5.56 Å². The van der Waals surface area contributed by atoms with E-state index in [9.17, 15) is 9.18 Å². The van der Waals surface area contributed by atoms with E-state index in [2.05, 4.69) is 22.5 Å². The molecule has 1 rings (SSSR count). The Bertz CT molecular complexity index is 469. The number of halogens is 2. The number of carboxylic acid groups (broad SMARTS) is 1. The van der Waals surface area contributed by atoms with Crippen molar-refractivity contribution in [3.8, 4) is 5.75 Å². The summed E-state index contributed by atoms with van der Waals surface area (Å²) in [7, 11) is 0. The number of rotatable bonds is 5. The van der Waals surface area contributed by atoms with Crippen LogP contribution in [-0.4, -0.2) is 17.7 Å². The number of carboxylic acids is 1. The molecule has 0 radical (unpaired) electrons. The van der Waals surface area contributed by atoms with Crippen LogP contribution in [-0.2, 0) is 4.79 Å². The van der Waals surface area contributed by atoms with Gasteiger partial charge in [0.15, 0.2) is 0 Å². The molecule has 0 aliphatic heterocycles. The van der Waals surface area contributed by atoms with Crippen molar-refractivity contribution in [2.45, 2.75) is 0 Å². The molecule has 0 atom stereocenters. The molecule has 5 heteroatoms. The maximum atomic E-state index is 13.2. The van der Waals surface area contributed by atoms with Crippen LogP contribution < -0.4 is 4.74 Å². The van der Waals surface area contributed by atoms with Gasteiger partial charge in [-0.05, 0) is 23.8 Å². The smallest absolute Gasteiger partial charge is 0.328 e. The largest absolute Gasteiger partial charge is 0.488 e. The number of aliphatic carboxylic acids is 1. The Morgan fingerprint density at radius 1 is 1.53 bits per heavy atom. The molecule has 0 spiro atoms. The number of carbonyl (C=O) groups is 1. The minimum Gasteiger partial charge on any atom is -0.488 e. The van der Waals surface area contributed by atoms with Crippen LogP contribution >= 0.6 is 15.9 Å². The fraction of sp³-hybridized carbons (Fsp3) is 0.0833. The third kappa shape index (κ3) is 5.31. The number of hydrogen-bond donors (Lipinski definition) is 1. The Morgan fingerprint density at radius 3 is 2.82 bits per heavy atom. The average molecular weight is 301 g/mol. The van der Waals surface area contributed by atoms with Crippen molar-refractivity contribution < 1.29 is 19.0 Å². The predicted octanol–water partition coefficient (Wildman–Crippen LogP) is 3.21. The summed E-state index contributed by atoms with van der Waals surface area (Å²) in [5.41, 5.74) is 0.419. The highest BCUT2D eigenvalue weighted by molar-refractivity contribution is 9.11. The molecular formula is C12H10BrFO3. The van der Waals surface area contributed by atoms with Gasteiger partial charge in [-0.25, -0.2) is 9.18 Å². The zero-order chi connectivity index (χ0) is 12.8. The van der Waals surface area contributed by atoms with E-state index in [1.807, 2.05) is 0 Å². The monoisotopic (exact) mass is 300 g/mol. The highest BCUT2D eigenvalue weighted by Gasteiger charge is 2.01. The van der Waals surface area contributed by atoms with Crippen molar-refractivity contribution in [1.82, 2.24) is 0 Å². The van der Waals surface area contributed by atoms with Gasteiger partial charge in [-0.15, -0.1) is 0 Å². The second-order valence-corrected chi connectivity index (χ2v) is 4.32. The van der Waals surface area contributed by atoms with Crippen molar-refractivity contribution in [3.63, 3.8) is 0 Å². The first-order valence-electron chi connectivity index (χ1n) is 4.65. The standard InChI is InChI=1S/C12H10BrFO3/c1-8(13)7-17-11-5-9(2-3-12(15)16)4-10(14)6-11/h2-6H,1,7H2,(H,15,16)/b3-2+. The Morgan fingerprint density at radius 2 is 2.24 bits per heavy atom. The van der Waals surface area contributed by atoms with E-state index in [-0.39, 0.29) is 6.61 Å². The van der Waals surface area contributed by atoms with Gasteiger partial charge in [0.25, 0.3) is 0 Å². The number of hydrogen-bond acceptors (Lipinski definition) is 2. The lowest BCUT2D eigenvalue weighted by molar-refractivity contribution is -0.131. The third-order valence-electron chi connectivity index (χ3n) is 1.71. The Balaban J connectivity index is 2.86. The molecule has 1 aromatic carbocycles. The summed E-state index contributed by atoms with van der Waals surface area (Å²) < 4.78 is 19.0. The van der Waals surface area contributed by atoms with E-state index >= 15 is 0 Å². The van der Waals surface area contributed by atoms with Crippen molar-refractivity contribution in [3.05, 3.63) is 46.7 Å². The number of ether oxygens (including phenoxy) is 1. The molecule has 0 aliphatic carbocycles. The fourth-order valence-corrected chi connectivity index (χ4v) is 1.21. The topological polar surface area (TPSA) is 46.5 Å². The van der Waals surface area contributed by atoms with Gasteiger partial charge in [-0.2, -0.15) is 0 Å². The van der Waals surface area contributed by atoms with Gasteiger partial charge in [-0.3, -0.25) is 0 Å². The quantitative estimate of drug-likeness (QED) is 0.849. The molecule has 0 unspecified atom stereocenters. The van der Waals surface area contributed by atoms with Gasteiger partial charge in [0.2, 0.25) is 0 Å². The predicted molar refractivity (Wildman–Crippen MR) is 66.6 cm³/mol. The van der Waals surface area contributed by atoms with Crippen LogP contribution in [0, 0.1) is 5.82 Å². The van der Waals surface area contributed by atoms with Gasteiger partial charge in [-0.1, -0.05) is 22.5 Å². The van der Waals surface area contributed by atoms with Crippen molar-refractivity contribution in [1.29, 1.82) is 0 Å². The highest BCUT2D eigenvalue weighted by atomic mass is 79.9. The summed E-state index contributed by atoms with van der Waals surface area (Å²) in [6.45, 7) is 3.79. The van der Waals surface area contributed by atoms with Crippen LogP contribution in [0.5, 0.6) is 5.75 Å². The second-order valence-electron chi connectivity index (χ2n) is 3.20. The van der Waals surface area contributed by atoms with Gasteiger partial charge in [0, 0.05) is 16.6 Å². The molecule has 90 valence electrons. The first-order valence-corrected chi connectivity index (χ1v) is 5.44. The van der Waals surface area contributed by atoms with E-state index in [4.69, 9.17) is 9.84 Å². The molecule has 0 aliphatic rings. The lowest BCUT2D eigenvalue weighted by Crippen LogP contribution is -1.97. The molecule has 0 saturated carbocycles. The van der Waals surface area contributed by atoms with Crippen LogP contribution in [0.2, 0.25) is 0 Å². The van der Waals surface area contributed by atoms with Crippen molar-refractivity contribution in [2.24, 2.45) is 0 Å². The van der Waals surface area contributed by atoms with Crippen LogP contribution in [0.25, 0.3) is 6.08 Å². The van der Waals surface area contributed by atoms with Gasteiger partial charge in [0.1, 0.15) is 18.2 Å². The molecule has 1 aromatic rings. The van der Waals surface area contributed by atoms with Crippen LogP contribution in [0.3, 0.4) is 0 Å². The maximum absolute atomic E-state index is 13.2. The second kappa shape index (κ2) is 6.20. The fourth-order valence-electron chi connectivity index (χ4n) is 1.09. The molecule has 17 heavy (non-hydrogen) atoms. The molecule has 1 N–H and O–H groups in total. The van der Waals surface area contributed by atoms with Gasteiger partial charge in [0.05, 0.1) is 0 Å². The molecule has 3 nitrogen and oxygen atoms in total. The van der Waals surface area contributed by atoms with Crippen LogP contribution in [0.15, 0.2) is 35.3 Å². The average Bonchev–Trinajstić information content (AvgIpc) is 2.23. The Hall–Kier alpha value is -1.62. The minimum atomic E-state index is -1.09. The van der Waals surface area contributed by atoms with E-state index in [0.717, 1.165) is 6.08 Å². The SMILES string of the molecule is C=C(Br)COc1cc(F)cc(/C=C/C(=O)O)c1. The first-order chi connectivity index (χ1) is 7.97. The first kappa shape index (κ1) is 13.4. The molecular weight excluding hydrogens is 291 g/mol. The van der Waals surface area contributed by atoms with Gasteiger partial charge < -0.3 is 9.84 Å². The molecule has 0 saturated heterocycles. The lowest BCUT2D eigenvalue weighted by Gasteiger charge is -2.06. The van der Waals surface area contributed by atoms with E-state index < -0.39 is 11.8 Å². The number of benzene rings is 1. The summed E-state index contributed by atoms with van der Waals surface area (Å²) in [6, 6.07) is 3.97. The molecule has 0 amide bonds. The molecule has 0 aromatic heterocycles. The third-order valence-corrected chi connectivity index (χ3v) is 1.94. The minimum absolute atomic E-state index is 0.214. The normalized spacial score (nSPS) is 10.5. The summed E-state index contributed by atoms with van der Waals surface area (Å²) >= 11 is 3.11. The maximum Gasteiger partial charge on any atom is 0.328 e.